The third kappa shape index (κ3) is 2.18. The molecule has 0 N–H and O–H groups in total. The van der Waals surface area contributed by atoms with Crippen LogP contribution < -0.4 is 0 Å². The molecule has 0 atom stereocenters. The van der Waals surface area contributed by atoms with Gasteiger partial charge in [0.1, 0.15) is 0 Å². The average Bonchev–Trinajstić information content (AvgIpc) is 2.75. The average molecular weight is 297 g/mol. The number of esters is 1. The maximum absolute atomic E-state index is 11.2. The Kier molecular flexibility index (Phi) is 3.41. The van der Waals surface area contributed by atoms with E-state index in [1.807, 2.05) is 23.6 Å². The van der Waals surface area contributed by atoms with Crippen LogP contribution in [0.1, 0.15) is 10.4 Å². The maximum Gasteiger partial charge on any atom is 0.337 e. The maximum atomic E-state index is 11.2. The summed E-state index contributed by atoms with van der Waals surface area (Å²) >= 11 is 5.14. The number of carbonyl (C=O) groups excluding carboxylic acids is 1. The first kappa shape index (κ1) is 11.4. The summed E-state index contributed by atoms with van der Waals surface area (Å²) in [6, 6.07) is 9.39. The highest BCUT2D eigenvalue weighted by molar-refractivity contribution is 9.10. The number of carbonyl (C=O) groups is 1. The Hall–Kier alpha value is -1.13. The fraction of sp³-hybridized carbons (Fsp3) is 0.0833. The second-order valence-electron chi connectivity index (χ2n) is 3.17. The van der Waals surface area contributed by atoms with Crippen molar-refractivity contribution in [2.75, 3.05) is 7.11 Å². The molecule has 0 amide bonds. The highest BCUT2D eigenvalue weighted by Crippen LogP contribution is 2.33. The summed E-state index contributed by atoms with van der Waals surface area (Å²) in [5, 5.41) is 2.02. The minimum atomic E-state index is -0.309. The largest absolute Gasteiger partial charge is 0.465 e. The molecule has 1 heterocycles. The van der Waals surface area contributed by atoms with Crippen LogP contribution in [0, 0.1) is 0 Å². The molecule has 0 aliphatic rings. The van der Waals surface area contributed by atoms with Crippen molar-refractivity contribution in [3.63, 3.8) is 0 Å². The van der Waals surface area contributed by atoms with Crippen LogP contribution in [0.15, 0.2) is 40.2 Å². The van der Waals surface area contributed by atoms with Crippen LogP contribution >= 0.6 is 27.3 Å². The van der Waals surface area contributed by atoms with E-state index in [0.29, 0.717) is 5.56 Å². The fourth-order valence-electron chi connectivity index (χ4n) is 1.38. The standard InChI is InChI=1S/C12H9BrO2S/c1-15-12(14)9-4-2-8(3-5-9)11-10(13)6-7-16-11/h2-7H,1H3. The molecular weight excluding hydrogens is 288 g/mol. The van der Waals surface area contributed by atoms with Crippen molar-refractivity contribution in [3.05, 3.63) is 45.7 Å². The number of benzene rings is 1. The van der Waals surface area contributed by atoms with E-state index in [0.717, 1.165) is 14.9 Å². The Bertz CT molecular complexity index is 502. The molecule has 0 spiro atoms. The summed E-state index contributed by atoms with van der Waals surface area (Å²) in [7, 11) is 1.38. The lowest BCUT2D eigenvalue weighted by Crippen LogP contribution is -2.00. The lowest BCUT2D eigenvalue weighted by atomic mass is 10.1. The molecule has 0 saturated carbocycles. The van der Waals surface area contributed by atoms with Crippen molar-refractivity contribution >= 4 is 33.2 Å². The molecule has 0 radical (unpaired) electrons. The molecular formula is C12H9BrO2S. The third-order valence-electron chi connectivity index (χ3n) is 2.19. The zero-order chi connectivity index (χ0) is 11.5. The normalized spacial score (nSPS) is 10.1. The lowest BCUT2D eigenvalue weighted by molar-refractivity contribution is 0.0601. The number of methoxy groups -OCH3 is 1. The van der Waals surface area contributed by atoms with E-state index in [9.17, 15) is 4.79 Å². The number of thiophene rings is 1. The van der Waals surface area contributed by atoms with Crippen LogP contribution in [-0.2, 0) is 4.74 Å². The molecule has 4 heteroatoms. The second-order valence-corrected chi connectivity index (χ2v) is 4.94. The second kappa shape index (κ2) is 4.80. The fourth-order valence-corrected chi connectivity index (χ4v) is 2.98. The van der Waals surface area contributed by atoms with Gasteiger partial charge in [-0.15, -0.1) is 11.3 Å². The third-order valence-corrected chi connectivity index (χ3v) is 4.07. The Morgan fingerprint density at radius 3 is 2.44 bits per heavy atom. The van der Waals surface area contributed by atoms with Crippen LogP contribution in [0.4, 0.5) is 0 Å². The molecule has 0 aliphatic carbocycles. The van der Waals surface area contributed by atoms with Gasteiger partial charge in [0.05, 0.1) is 12.7 Å². The van der Waals surface area contributed by atoms with Gasteiger partial charge in [0.15, 0.2) is 0 Å². The molecule has 0 unspecified atom stereocenters. The lowest BCUT2D eigenvalue weighted by Gasteiger charge is -2.01. The van der Waals surface area contributed by atoms with E-state index in [1.165, 1.54) is 7.11 Å². The van der Waals surface area contributed by atoms with Gasteiger partial charge in [-0.25, -0.2) is 4.79 Å². The van der Waals surface area contributed by atoms with Gasteiger partial charge in [-0.1, -0.05) is 12.1 Å². The Labute approximate surface area is 106 Å². The number of hydrogen-bond donors (Lipinski definition) is 0. The van der Waals surface area contributed by atoms with E-state index >= 15 is 0 Å². The van der Waals surface area contributed by atoms with Crippen LogP contribution in [0.3, 0.4) is 0 Å². The van der Waals surface area contributed by atoms with Gasteiger partial charge in [-0.2, -0.15) is 0 Å². The first-order chi connectivity index (χ1) is 7.72. The van der Waals surface area contributed by atoms with Gasteiger partial charge >= 0.3 is 5.97 Å². The van der Waals surface area contributed by atoms with Crippen LogP contribution in [0.25, 0.3) is 10.4 Å². The molecule has 1 aromatic carbocycles. The summed E-state index contributed by atoms with van der Waals surface area (Å²) in [4.78, 5) is 12.4. The van der Waals surface area contributed by atoms with E-state index < -0.39 is 0 Å². The van der Waals surface area contributed by atoms with Gasteiger partial charge in [0, 0.05) is 9.35 Å². The number of halogens is 1. The van der Waals surface area contributed by atoms with Crippen molar-refractivity contribution in [3.8, 4) is 10.4 Å². The first-order valence-electron chi connectivity index (χ1n) is 4.64. The number of ether oxygens (including phenoxy) is 1. The predicted molar refractivity (Wildman–Crippen MR) is 68.8 cm³/mol. The molecule has 82 valence electrons. The van der Waals surface area contributed by atoms with Crippen molar-refractivity contribution in [2.45, 2.75) is 0 Å². The molecule has 0 saturated heterocycles. The predicted octanol–water partition coefficient (Wildman–Crippen LogP) is 3.96. The number of hydrogen-bond acceptors (Lipinski definition) is 3. The summed E-state index contributed by atoms with van der Waals surface area (Å²) < 4.78 is 5.72. The Balaban J connectivity index is 2.33. The summed E-state index contributed by atoms with van der Waals surface area (Å²) in [6.07, 6.45) is 0. The molecule has 2 nitrogen and oxygen atoms in total. The zero-order valence-corrected chi connectivity index (χ0v) is 11.0. The van der Waals surface area contributed by atoms with Crippen LogP contribution in [0.2, 0.25) is 0 Å². The van der Waals surface area contributed by atoms with E-state index in [1.54, 1.807) is 23.5 Å². The summed E-state index contributed by atoms with van der Waals surface area (Å²) in [5.74, 6) is -0.309. The quantitative estimate of drug-likeness (QED) is 0.784. The molecule has 2 rings (SSSR count). The monoisotopic (exact) mass is 296 g/mol. The van der Waals surface area contributed by atoms with Gasteiger partial charge < -0.3 is 4.74 Å². The molecule has 16 heavy (non-hydrogen) atoms. The van der Waals surface area contributed by atoms with Crippen LogP contribution in [-0.4, -0.2) is 13.1 Å². The number of rotatable bonds is 2. The topological polar surface area (TPSA) is 26.3 Å². The first-order valence-corrected chi connectivity index (χ1v) is 6.31. The van der Waals surface area contributed by atoms with Gasteiger partial charge in [-0.3, -0.25) is 0 Å². The van der Waals surface area contributed by atoms with Gasteiger partial charge in [-0.05, 0) is 45.1 Å². The minimum absolute atomic E-state index is 0.309. The zero-order valence-electron chi connectivity index (χ0n) is 8.57. The van der Waals surface area contributed by atoms with Crippen molar-refractivity contribution in [1.82, 2.24) is 0 Å². The smallest absolute Gasteiger partial charge is 0.337 e. The van der Waals surface area contributed by atoms with E-state index in [-0.39, 0.29) is 5.97 Å². The highest BCUT2D eigenvalue weighted by atomic mass is 79.9. The molecule has 0 fully saturated rings. The van der Waals surface area contributed by atoms with Crippen molar-refractivity contribution in [2.24, 2.45) is 0 Å². The molecule has 1 aromatic heterocycles. The van der Waals surface area contributed by atoms with Crippen molar-refractivity contribution < 1.29 is 9.53 Å². The SMILES string of the molecule is COC(=O)c1ccc(-c2sccc2Br)cc1. The van der Waals surface area contributed by atoms with Gasteiger partial charge in [0.25, 0.3) is 0 Å². The molecule has 0 aliphatic heterocycles. The minimum Gasteiger partial charge on any atom is -0.465 e. The van der Waals surface area contributed by atoms with E-state index in [2.05, 4.69) is 20.7 Å². The van der Waals surface area contributed by atoms with Gasteiger partial charge in [0.2, 0.25) is 0 Å². The highest BCUT2D eigenvalue weighted by Gasteiger charge is 2.07. The summed E-state index contributed by atoms with van der Waals surface area (Å²) in [5.41, 5.74) is 1.66. The Morgan fingerprint density at radius 1 is 1.25 bits per heavy atom. The Morgan fingerprint density at radius 2 is 1.94 bits per heavy atom. The molecule has 2 aromatic rings. The summed E-state index contributed by atoms with van der Waals surface area (Å²) in [6.45, 7) is 0. The molecule has 0 bridgehead atoms. The van der Waals surface area contributed by atoms with Crippen molar-refractivity contribution in [1.29, 1.82) is 0 Å². The van der Waals surface area contributed by atoms with E-state index in [4.69, 9.17) is 0 Å². The van der Waals surface area contributed by atoms with Crippen LogP contribution in [0.5, 0.6) is 0 Å².